The minimum atomic E-state index is -0.100. The van der Waals surface area contributed by atoms with Gasteiger partial charge in [-0.2, -0.15) is 5.10 Å². The molecule has 3 aromatic rings. The van der Waals surface area contributed by atoms with Gasteiger partial charge in [0.1, 0.15) is 0 Å². The Labute approximate surface area is 145 Å². The second kappa shape index (κ2) is 6.02. The Balaban J connectivity index is 1.73. The number of para-hydroxylation sites is 2. The van der Waals surface area contributed by atoms with E-state index in [0.29, 0.717) is 12.3 Å². The van der Waals surface area contributed by atoms with Gasteiger partial charge in [-0.05, 0) is 26.0 Å². The van der Waals surface area contributed by atoms with Crippen molar-refractivity contribution in [3.8, 4) is 0 Å². The lowest BCUT2D eigenvalue weighted by molar-refractivity contribution is -0.112. The van der Waals surface area contributed by atoms with E-state index >= 15 is 0 Å². The minimum Gasteiger partial charge on any atom is -0.358 e. The zero-order valence-electron chi connectivity index (χ0n) is 14.2. The highest BCUT2D eigenvalue weighted by atomic mass is 16.2. The van der Waals surface area contributed by atoms with E-state index in [1.54, 1.807) is 11.1 Å². The molecular weight excluding hydrogens is 312 g/mol. The van der Waals surface area contributed by atoms with Gasteiger partial charge in [-0.3, -0.25) is 4.79 Å². The van der Waals surface area contributed by atoms with Crippen molar-refractivity contribution in [3.05, 3.63) is 65.4 Å². The molecule has 0 radical (unpaired) electrons. The molecule has 1 aliphatic rings. The fourth-order valence-electron chi connectivity index (χ4n) is 3.28. The van der Waals surface area contributed by atoms with E-state index in [1.807, 2.05) is 62.4 Å². The highest BCUT2D eigenvalue weighted by Gasteiger charge is 2.32. The first-order valence-electron chi connectivity index (χ1n) is 8.30. The molecular formula is C20H18N4O. The molecule has 1 N–H and O–H groups in total. The van der Waals surface area contributed by atoms with E-state index in [-0.39, 0.29) is 5.91 Å². The Morgan fingerprint density at radius 2 is 1.88 bits per heavy atom. The van der Waals surface area contributed by atoms with Gasteiger partial charge in [0.05, 0.1) is 11.9 Å². The molecule has 124 valence electrons. The Morgan fingerprint density at radius 3 is 2.72 bits per heavy atom. The van der Waals surface area contributed by atoms with Gasteiger partial charge in [0.25, 0.3) is 5.91 Å². The van der Waals surface area contributed by atoms with Crippen molar-refractivity contribution in [3.63, 3.8) is 0 Å². The molecule has 2 aromatic carbocycles. The fraction of sp³-hybridized carbons (Fsp3) is 0.150. The van der Waals surface area contributed by atoms with Crippen molar-refractivity contribution in [1.82, 2.24) is 4.98 Å². The Kier molecular flexibility index (Phi) is 3.69. The molecule has 0 atom stereocenters. The molecule has 1 amide bonds. The summed E-state index contributed by atoms with van der Waals surface area (Å²) >= 11 is 0. The molecule has 5 heteroatoms. The maximum Gasteiger partial charge on any atom is 0.279 e. The Bertz CT molecular complexity index is 1030. The number of likely N-dealkylation sites (N-methyl/N-ethyl adjacent to an activating group) is 1. The van der Waals surface area contributed by atoms with Gasteiger partial charge < -0.3 is 9.88 Å². The largest absolute Gasteiger partial charge is 0.358 e. The number of fused-ring (bicyclic) bond motifs is 2. The number of aryl methyl sites for hydroxylation is 1. The Morgan fingerprint density at radius 1 is 1.12 bits per heavy atom. The van der Waals surface area contributed by atoms with Crippen LogP contribution < -0.4 is 4.90 Å². The summed E-state index contributed by atoms with van der Waals surface area (Å²) in [5.74, 6) is -0.100. The van der Waals surface area contributed by atoms with Gasteiger partial charge in [0.15, 0.2) is 5.71 Å². The summed E-state index contributed by atoms with van der Waals surface area (Å²) < 4.78 is 0. The normalized spacial score (nSPS) is 15.7. The second-order valence-electron chi connectivity index (χ2n) is 5.97. The molecule has 4 rings (SSSR count). The number of carbonyl (C=O) groups is 1. The summed E-state index contributed by atoms with van der Waals surface area (Å²) in [5.41, 5.74) is 5.21. The van der Waals surface area contributed by atoms with E-state index in [4.69, 9.17) is 0 Å². The molecule has 0 unspecified atom stereocenters. The van der Waals surface area contributed by atoms with Crippen LogP contribution in [0.3, 0.4) is 0 Å². The van der Waals surface area contributed by atoms with Crippen LogP contribution in [0.25, 0.3) is 10.9 Å². The van der Waals surface area contributed by atoms with Crippen LogP contribution in [0.5, 0.6) is 0 Å². The molecule has 0 saturated heterocycles. The monoisotopic (exact) mass is 330 g/mol. The van der Waals surface area contributed by atoms with Crippen LogP contribution in [0.15, 0.2) is 58.7 Å². The average Bonchev–Trinajstić information content (AvgIpc) is 3.09. The van der Waals surface area contributed by atoms with Crippen molar-refractivity contribution in [2.24, 2.45) is 10.2 Å². The van der Waals surface area contributed by atoms with Gasteiger partial charge in [0.2, 0.25) is 0 Å². The standard InChI is InChI=1S/C20H18N4O/c1-3-24-18-11-7-5-9-15(18)19(20(24)25)23-21-12-16-13(2)22-17-10-6-4-8-14(16)17/h4-12,22H,3H2,1-2H3/b21-12+,23-19+. The third-order valence-electron chi connectivity index (χ3n) is 4.50. The number of hydrogen-bond acceptors (Lipinski definition) is 3. The smallest absolute Gasteiger partial charge is 0.279 e. The van der Waals surface area contributed by atoms with Crippen LogP contribution in [0.4, 0.5) is 5.69 Å². The van der Waals surface area contributed by atoms with Crippen LogP contribution in [0.2, 0.25) is 0 Å². The predicted molar refractivity (Wildman–Crippen MR) is 102 cm³/mol. The first-order valence-corrected chi connectivity index (χ1v) is 8.30. The minimum absolute atomic E-state index is 0.100. The molecule has 1 aromatic heterocycles. The fourth-order valence-corrected chi connectivity index (χ4v) is 3.28. The number of amides is 1. The molecule has 25 heavy (non-hydrogen) atoms. The number of nitrogens with zero attached hydrogens (tertiary/aromatic N) is 3. The zero-order chi connectivity index (χ0) is 17.4. The number of rotatable bonds is 3. The molecule has 0 aliphatic carbocycles. The molecule has 0 saturated carbocycles. The van der Waals surface area contributed by atoms with Gasteiger partial charge in [-0.15, -0.1) is 5.10 Å². The van der Waals surface area contributed by atoms with Crippen LogP contribution >= 0.6 is 0 Å². The van der Waals surface area contributed by atoms with Gasteiger partial charge >= 0.3 is 0 Å². The molecule has 2 heterocycles. The average molecular weight is 330 g/mol. The number of nitrogens with one attached hydrogen (secondary N) is 1. The topological polar surface area (TPSA) is 60.8 Å². The molecule has 1 aliphatic heterocycles. The quantitative estimate of drug-likeness (QED) is 0.578. The third kappa shape index (κ3) is 2.45. The number of H-pyrrole nitrogens is 1. The van der Waals surface area contributed by atoms with Gasteiger partial charge in [-0.25, -0.2) is 0 Å². The summed E-state index contributed by atoms with van der Waals surface area (Å²) in [5, 5.41) is 9.56. The van der Waals surface area contributed by atoms with E-state index < -0.39 is 0 Å². The van der Waals surface area contributed by atoms with Crippen molar-refractivity contribution in [2.75, 3.05) is 11.4 Å². The lowest BCUT2D eigenvalue weighted by atomic mass is 10.1. The van der Waals surface area contributed by atoms with Crippen LogP contribution in [0, 0.1) is 6.92 Å². The van der Waals surface area contributed by atoms with E-state index in [0.717, 1.165) is 33.4 Å². The maximum absolute atomic E-state index is 12.6. The van der Waals surface area contributed by atoms with E-state index in [2.05, 4.69) is 15.2 Å². The maximum atomic E-state index is 12.6. The van der Waals surface area contributed by atoms with Gasteiger partial charge in [0, 0.05) is 34.3 Å². The second-order valence-corrected chi connectivity index (χ2v) is 5.97. The Hall–Kier alpha value is -3.21. The first kappa shape index (κ1) is 15.3. The predicted octanol–water partition coefficient (Wildman–Crippen LogP) is 3.67. The van der Waals surface area contributed by atoms with Crippen LogP contribution in [-0.4, -0.2) is 29.4 Å². The van der Waals surface area contributed by atoms with Crippen molar-refractivity contribution in [2.45, 2.75) is 13.8 Å². The summed E-state index contributed by atoms with van der Waals surface area (Å²) in [6.07, 6.45) is 1.71. The van der Waals surface area contributed by atoms with Crippen LogP contribution in [-0.2, 0) is 4.79 Å². The van der Waals surface area contributed by atoms with Gasteiger partial charge in [-0.1, -0.05) is 36.4 Å². The van der Waals surface area contributed by atoms with Crippen molar-refractivity contribution >= 4 is 34.4 Å². The number of carbonyl (C=O) groups excluding carboxylic acids is 1. The molecule has 0 bridgehead atoms. The van der Waals surface area contributed by atoms with E-state index in [9.17, 15) is 4.79 Å². The molecule has 0 spiro atoms. The number of aromatic nitrogens is 1. The van der Waals surface area contributed by atoms with Crippen molar-refractivity contribution < 1.29 is 4.79 Å². The summed E-state index contributed by atoms with van der Waals surface area (Å²) in [4.78, 5) is 17.6. The van der Waals surface area contributed by atoms with Crippen molar-refractivity contribution in [1.29, 1.82) is 0 Å². The molecule has 5 nitrogen and oxygen atoms in total. The summed E-state index contributed by atoms with van der Waals surface area (Å²) in [6.45, 7) is 4.57. The number of aromatic amines is 1. The third-order valence-corrected chi connectivity index (χ3v) is 4.50. The lowest BCUT2D eigenvalue weighted by Gasteiger charge is -2.12. The van der Waals surface area contributed by atoms with Crippen LogP contribution in [0.1, 0.15) is 23.7 Å². The number of anilines is 1. The number of hydrogen-bond donors (Lipinski definition) is 1. The summed E-state index contributed by atoms with van der Waals surface area (Å²) in [7, 11) is 0. The lowest BCUT2D eigenvalue weighted by Crippen LogP contribution is -2.29. The van der Waals surface area contributed by atoms with E-state index in [1.165, 1.54) is 0 Å². The zero-order valence-corrected chi connectivity index (χ0v) is 14.2. The first-order chi connectivity index (χ1) is 12.2. The molecule has 0 fully saturated rings. The highest BCUT2D eigenvalue weighted by molar-refractivity contribution is 6.54. The number of benzene rings is 2. The summed E-state index contributed by atoms with van der Waals surface area (Å²) in [6, 6.07) is 15.7. The SMILES string of the molecule is CCN1C(=O)/C(=N/N=C/c2c(C)[nH]c3ccccc23)c2ccccc21. The highest BCUT2D eigenvalue weighted by Crippen LogP contribution is 2.28.